The highest BCUT2D eigenvalue weighted by Gasteiger charge is 2.27. The first-order valence-electron chi connectivity index (χ1n) is 5.84. The van der Waals surface area contributed by atoms with Crippen molar-refractivity contribution in [2.75, 3.05) is 13.2 Å². The summed E-state index contributed by atoms with van der Waals surface area (Å²) in [7, 11) is 0. The van der Waals surface area contributed by atoms with Gasteiger partial charge in [0.1, 0.15) is 18.1 Å². The number of halogens is 3. The van der Waals surface area contributed by atoms with E-state index in [1.165, 1.54) is 18.2 Å². The average Bonchev–Trinajstić information content (AvgIpc) is 2.85. The molecule has 2 N–H and O–H groups in total. The number of aromatic hydroxyl groups is 2. The van der Waals surface area contributed by atoms with Gasteiger partial charge in [-0.1, -0.05) is 5.16 Å². The highest BCUT2D eigenvalue weighted by molar-refractivity contribution is 5.64. The standard InChI is InChI=1S/C12H11F3N2O4/c13-12(14,15)6-20-4-3-10-16-11(21-17-10)8-5-7(18)1-2-9(8)19/h1-2,5,18-19H,3-4,6H2. The second kappa shape index (κ2) is 6.00. The van der Waals surface area contributed by atoms with E-state index in [0.29, 0.717) is 0 Å². The third-order valence-corrected chi connectivity index (χ3v) is 2.41. The van der Waals surface area contributed by atoms with Crippen LogP contribution in [0.2, 0.25) is 0 Å². The van der Waals surface area contributed by atoms with Crippen LogP contribution in [-0.2, 0) is 11.2 Å². The number of nitrogens with zero attached hydrogens (tertiary/aromatic N) is 2. The first-order chi connectivity index (χ1) is 9.85. The molecule has 2 aromatic rings. The molecule has 0 bridgehead atoms. The predicted molar refractivity (Wildman–Crippen MR) is 63.6 cm³/mol. The molecule has 0 aliphatic rings. The van der Waals surface area contributed by atoms with Crippen LogP contribution in [-0.4, -0.2) is 39.7 Å². The Kier molecular flexibility index (Phi) is 4.32. The van der Waals surface area contributed by atoms with Crippen molar-refractivity contribution in [2.45, 2.75) is 12.6 Å². The van der Waals surface area contributed by atoms with Gasteiger partial charge in [0.15, 0.2) is 5.82 Å². The lowest BCUT2D eigenvalue weighted by Gasteiger charge is -2.05. The minimum Gasteiger partial charge on any atom is -0.508 e. The number of aromatic nitrogens is 2. The quantitative estimate of drug-likeness (QED) is 0.650. The molecule has 0 saturated heterocycles. The summed E-state index contributed by atoms with van der Waals surface area (Å²) in [5.41, 5.74) is 0.130. The normalized spacial score (nSPS) is 11.8. The van der Waals surface area contributed by atoms with Crippen LogP contribution in [0.25, 0.3) is 11.5 Å². The van der Waals surface area contributed by atoms with Crippen LogP contribution >= 0.6 is 0 Å². The van der Waals surface area contributed by atoms with Gasteiger partial charge in [-0.3, -0.25) is 0 Å². The second-order valence-electron chi connectivity index (χ2n) is 4.13. The average molecular weight is 304 g/mol. The molecule has 0 fully saturated rings. The summed E-state index contributed by atoms with van der Waals surface area (Å²) >= 11 is 0. The minimum atomic E-state index is -4.38. The number of hydrogen-bond donors (Lipinski definition) is 2. The molecule has 21 heavy (non-hydrogen) atoms. The first kappa shape index (κ1) is 15.1. The van der Waals surface area contributed by atoms with Crippen LogP contribution in [0.1, 0.15) is 5.82 Å². The number of phenols is 2. The van der Waals surface area contributed by atoms with Crippen LogP contribution in [0.5, 0.6) is 11.5 Å². The smallest absolute Gasteiger partial charge is 0.411 e. The first-order valence-corrected chi connectivity index (χ1v) is 5.84. The van der Waals surface area contributed by atoms with E-state index in [9.17, 15) is 23.4 Å². The van der Waals surface area contributed by atoms with Crippen molar-refractivity contribution in [2.24, 2.45) is 0 Å². The molecule has 0 radical (unpaired) electrons. The third-order valence-electron chi connectivity index (χ3n) is 2.41. The molecule has 114 valence electrons. The van der Waals surface area contributed by atoms with Crippen LogP contribution in [0.15, 0.2) is 22.7 Å². The molecule has 0 amide bonds. The Bertz CT molecular complexity index is 613. The molecule has 6 nitrogen and oxygen atoms in total. The monoisotopic (exact) mass is 304 g/mol. The van der Waals surface area contributed by atoms with Crippen molar-refractivity contribution in [1.29, 1.82) is 0 Å². The van der Waals surface area contributed by atoms with Gasteiger partial charge in [-0.2, -0.15) is 18.2 Å². The Morgan fingerprint density at radius 3 is 2.71 bits per heavy atom. The predicted octanol–water partition coefficient (Wildman–Crippen LogP) is 2.27. The maximum Gasteiger partial charge on any atom is 0.411 e. The van der Waals surface area contributed by atoms with Gasteiger partial charge in [0.05, 0.1) is 12.2 Å². The van der Waals surface area contributed by atoms with Crippen molar-refractivity contribution in [3.63, 3.8) is 0 Å². The van der Waals surface area contributed by atoms with E-state index in [4.69, 9.17) is 4.52 Å². The van der Waals surface area contributed by atoms with E-state index < -0.39 is 12.8 Å². The molecule has 1 aromatic carbocycles. The lowest BCUT2D eigenvalue weighted by atomic mass is 10.2. The van der Waals surface area contributed by atoms with Gasteiger partial charge in [-0.15, -0.1) is 0 Å². The number of ether oxygens (including phenoxy) is 1. The zero-order valence-electron chi connectivity index (χ0n) is 10.6. The Morgan fingerprint density at radius 2 is 2.00 bits per heavy atom. The minimum absolute atomic E-state index is 0.0269. The maximum atomic E-state index is 11.9. The Hall–Kier alpha value is -2.29. The molecule has 1 aromatic heterocycles. The highest BCUT2D eigenvalue weighted by Crippen LogP contribution is 2.30. The highest BCUT2D eigenvalue weighted by atomic mass is 19.4. The lowest BCUT2D eigenvalue weighted by molar-refractivity contribution is -0.173. The SMILES string of the molecule is Oc1ccc(O)c(-c2nc(CCOCC(F)(F)F)no2)c1. The van der Waals surface area contributed by atoms with Gasteiger partial charge in [0.25, 0.3) is 5.89 Å². The zero-order chi connectivity index (χ0) is 15.5. The van der Waals surface area contributed by atoms with Crippen molar-refractivity contribution >= 4 is 0 Å². The maximum absolute atomic E-state index is 11.9. The summed E-state index contributed by atoms with van der Waals surface area (Å²) in [6.45, 7) is -1.56. The van der Waals surface area contributed by atoms with Crippen molar-refractivity contribution in [3.05, 3.63) is 24.0 Å². The summed E-state index contributed by atoms with van der Waals surface area (Å²) in [5.74, 6) is -0.184. The van der Waals surface area contributed by atoms with E-state index in [1.54, 1.807) is 0 Å². The van der Waals surface area contributed by atoms with E-state index in [-0.39, 0.29) is 41.8 Å². The second-order valence-corrected chi connectivity index (χ2v) is 4.13. The van der Waals surface area contributed by atoms with Gasteiger partial charge < -0.3 is 19.5 Å². The largest absolute Gasteiger partial charge is 0.508 e. The number of alkyl halides is 3. The third kappa shape index (κ3) is 4.35. The molecular formula is C12H11F3N2O4. The molecule has 0 aliphatic carbocycles. The van der Waals surface area contributed by atoms with E-state index in [1.807, 2.05) is 0 Å². The van der Waals surface area contributed by atoms with Crippen molar-refractivity contribution < 1.29 is 32.6 Å². The van der Waals surface area contributed by atoms with Crippen molar-refractivity contribution in [3.8, 4) is 23.0 Å². The van der Waals surface area contributed by atoms with Gasteiger partial charge >= 0.3 is 6.18 Å². The fourth-order valence-corrected chi connectivity index (χ4v) is 1.51. The fourth-order valence-electron chi connectivity index (χ4n) is 1.51. The Morgan fingerprint density at radius 1 is 1.24 bits per heavy atom. The molecule has 0 aliphatic heterocycles. The molecule has 0 atom stereocenters. The Balaban J connectivity index is 1.97. The molecule has 0 unspecified atom stereocenters. The van der Waals surface area contributed by atoms with Gasteiger partial charge in [-0.05, 0) is 18.2 Å². The molecular weight excluding hydrogens is 293 g/mol. The topological polar surface area (TPSA) is 88.6 Å². The van der Waals surface area contributed by atoms with Crippen LogP contribution < -0.4 is 0 Å². The number of rotatable bonds is 5. The molecule has 0 spiro atoms. The summed E-state index contributed by atoms with van der Waals surface area (Å²) in [4.78, 5) is 3.91. The summed E-state index contributed by atoms with van der Waals surface area (Å²) in [6, 6.07) is 3.76. The zero-order valence-corrected chi connectivity index (χ0v) is 10.6. The van der Waals surface area contributed by atoms with Crippen LogP contribution in [0, 0.1) is 0 Å². The van der Waals surface area contributed by atoms with Gasteiger partial charge in [0, 0.05) is 6.42 Å². The summed E-state index contributed by atoms with van der Waals surface area (Å²) in [6.07, 6.45) is -4.35. The van der Waals surface area contributed by atoms with E-state index in [0.717, 1.165) is 0 Å². The molecule has 9 heteroatoms. The van der Waals surface area contributed by atoms with Crippen LogP contribution in [0.3, 0.4) is 0 Å². The Labute approximate surface area is 116 Å². The van der Waals surface area contributed by atoms with E-state index in [2.05, 4.69) is 14.9 Å². The van der Waals surface area contributed by atoms with Gasteiger partial charge in [-0.25, -0.2) is 0 Å². The number of benzene rings is 1. The summed E-state index contributed by atoms with van der Waals surface area (Å²) in [5, 5.41) is 22.5. The molecule has 1 heterocycles. The van der Waals surface area contributed by atoms with Crippen molar-refractivity contribution in [1.82, 2.24) is 10.1 Å². The fraction of sp³-hybridized carbons (Fsp3) is 0.333. The van der Waals surface area contributed by atoms with Crippen LogP contribution in [0.4, 0.5) is 13.2 Å². The number of phenolic OH excluding ortho intramolecular Hbond substituents is 2. The van der Waals surface area contributed by atoms with E-state index >= 15 is 0 Å². The lowest BCUT2D eigenvalue weighted by Crippen LogP contribution is -2.18. The summed E-state index contributed by atoms with van der Waals surface area (Å²) < 4.78 is 44.9. The number of hydrogen-bond acceptors (Lipinski definition) is 6. The molecule has 0 saturated carbocycles. The molecule has 2 rings (SSSR count). The van der Waals surface area contributed by atoms with Gasteiger partial charge in [0.2, 0.25) is 0 Å².